The maximum Gasteiger partial charge on any atom is 0.330 e. The molecule has 0 bridgehead atoms. The fraction of sp³-hybridized carbons (Fsp3) is 0.350. The predicted octanol–water partition coefficient (Wildman–Crippen LogP) is 0.311. The molecule has 4 unspecified atom stereocenters. The van der Waals surface area contributed by atoms with Crippen LogP contribution < -0.4 is 11.2 Å². The van der Waals surface area contributed by atoms with Crippen LogP contribution >= 0.6 is 11.8 Å². The number of H-pyrrole nitrogens is 1. The van der Waals surface area contributed by atoms with Gasteiger partial charge in [0.2, 0.25) is 0 Å². The van der Waals surface area contributed by atoms with Gasteiger partial charge in [-0.2, -0.15) is 0 Å². The van der Waals surface area contributed by atoms with Gasteiger partial charge in [0.1, 0.15) is 17.2 Å². The highest BCUT2D eigenvalue weighted by atomic mass is 32.2. The average Bonchev–Trinajstić information content (AvgIpc) is 3.33. The molecule has 0 aliphatic carbocycles. The van der Waals surface area contributed by atoms with Crippen LogP contribution in [0, 0.1) is 0 Å². The molecule has 3 aromatic rings. The molecule has 11 nitrogen and oxygen atoms in total. The molecule has 0 saturated carbocycles. The molecule has 2 aromatic heterocycles. The molecule has 3 heterocycles. The molecule has 168 valence electrons. The van der Waals surface area contributed by atoms with Gasteiger partial charge in [0.25, 0.3) is 5.56 Å². The van der Waals surface area contributed by atoms with Gasteiger partial charge in [-0.3, -0.25) is 19.1 Å². The lowest BCUT2D eigenvalue weighted by Crippen LogP contribution is -2.39. The van der Waals surface area contributed by atoms with E-state index >= 15 is 0 Å². The summed E-state index contributed by atoms with van der Waals surface area (Å²) in [5.41, 5.74) is -0.169. The number of thioether (sulfide) groups is 1. The highest BCUT2D eigenvalue weighted by Gasteiger charge is 2.47. The maximum absolute atomic E-state index is 12.1. The van der Waals surface area contributed by atoms with E-state index in [1.165, 1.54) is 29.6 Å². The largest absolute Gasteiger partial charge is 0.457 e. The van der Waals surface area contributed by atoms with E-state index in [1.807, 2.05) is 30.3 Å². The zero-order chi connectivity index (χ0) is 22.7. The molecule has 1 aliphatic rings. The van der Waals surface area contributed by atoms with Crippen molar-refractivity contribution < 1.29 is 19.4 Å². The summed E-state index contributed by atoms with van der Waals surface area (Å²) in [6.45, 7) is 1.35. The van der Waals surface area contributed by atoms with Gasteiger partial charge in [0.15, 0.2) is 12.3 Å². The van der Waals surface area contributed by atoms with Gasteiger partial charge in [0.05, 0.1) is 12.7 Å². The second-order valence-electron chi connectivity index (χ2n) is 7.20. The number of aromatic amines is 1. The van der Waals surface area contributed by atoms with Crippen LogP contribution in [0.4, 0.5) is 0 Å². The fourth-order valence-corrected chi connectivity index (χ4v) is 4.21. The van der Waals surface area contributed by atoms with Gasteiger partial charge in [-0.1, -0.05) is 47.3 Å². The Balaban J connectivity index is 1.48. The highest BCUT2D eigenvalue weighted by Crippen LogP contribution is 2.31. The average molecular weight is 459 g/mol. The Morgan fingerprint density at radius 3 is 2.78 bits per heavy atom. The van der Waals surface area contributed by atoms with E-state index < -0.39 is 41.8 Å². The van der Waals surface area contributed by atoms with Crippen molar-refractivity contribution in [2.75, 3.05) is 0 Å². The van der Waals surface area contributed by atoms with Gasteiger partial charge in [-0.25, -0.2) is 9.48 Å². The Bertz CT molecular complexity index is 1190. The third-order valence-electron chi connectivity index (χ3n) is 4.85. The van der Waals surface area contributed by atoms with Crippen molar-refractivity contribution in [3.63, 3.8) is 0 Å². The van der Waals surface area contributed by atoms with Crippen LogP contribution in [-0.4, -0.2) is 53.9 Å². The monoisotopic (exact) mass is 459 g/mol. The van der Waals surface area contributed by atoms with Gasteiger partial charge in [-0.05, 0) is 5.56 Å². The maximum atomic E-state index is 12.1. The summed E-state index contributed by atoms with van der Waals surface area (Å²) in [5.74, 6) is 0.126. The second kappa shape index (κ2) is 9.51. The number of aliphatic hydroxyl groups excluding tert-OH is 1. The molecule has 2 N–H and O–H groups in total. The number of esters is 1. The molecule has 4 rings (SSSR count). The smallest absolute Gasteiger partial charge is 0.330 e. The van der Waals surface area contributed by atoms with Crippen molar-refractivity contribution in [2.24, 2.45) is 0 Å². The van der Waals surface area contributed by atoms with E-state index in [0.717, 1.165) is 21.9 Å². The number of carbonyl (C=O) groups excluding carboxylic acids is 1. The lowest BCUT2D eigenvalue weighted by atomic mass is 10.1. The van der Waals surface area contributed by atoms with Crippen LogP contribution in [0.1, 0.15) is 18.7 Å². The van der Waals surface area contributed by atoms with E-state index in [9.17, 15) is 19.5 Å². The molecule has 0 radical (unpaired) electrons. The number of benzene rings is 1. The number of carbonyl (C=O) groups is 1. The summed E-state index contributed by atoms with van der Waals surface area (Å²) < 4.78 is 13.7. The third kappa shape index (κ3) is 4.98. The Morgan fingerprint density at radius 1 is 1.28 bits per heavy atom. The van der Waals surface area contributed by atoms with Crippen molar-refractivity contribution in [1.29, 1.82) is 0 Å². The third-order valence-corrected chi connectivity index (χ3v) is 5.81. The van der Waals surface area contributed by atoms with E-state index in [0.29, 0.717) is 5.03 Å². The quantitative estimate of drug-likeness (QED) is 0.377. The molecule has 32 heavy (non-hydrogen) atoms. The lowest BCUT2D eigenvalue weighted by molar-refractivity contribution is -0.153. The van der Waals surface area contributed by atoms with Crippen molar-refractivity contribution in [2.45, 2.75) is 48.8 Å². The first-order valence-corrected chi connectivity index (χ1v) is 10.8. The topological polar surface area (TPSA) is 141 Å². The van der Waals surface area contributed by atoms with Gasteiger partial charge >= 0.3 is 11.7 Å². The lowest BCUT2D eigenvalue weighted by Gasteiger charge is -2.19. The molecule has 12 heteroatoms. The minimum Gasteiger partial charge on any atom is -0.457 e. The van der Waals surface area contributed by atoms with Crippen LogP contribution in [0.15, 0.2) is 63.4 Å². The number of aliphatic hydroxyl groups is 1. The minimum atomic E-state index is -1.33. The Morgan fingerprint density at radius 2 is 2.06 bits per heavy atom. The fourth-order valence-electron chi connectivity index (χ4n) is 3.41. The highest BCUT2D eigenvalue weighted by molar-refractivity contribution is 7.98. The molecular formula is C20H21N5O6S. The Hall–Kier alpha value is -3.22. The second-order valence-corrected chi connectivity index (χ2v) is 8.20. The van der Waals surface area contributed by atoms with Crippen LogP contribution in [0.5, 0.6) is 0 Å². The first-order chi connectivity index (χ1) is 15.4. The molecule has 4 atom stereocenters. The normalized spacial score (nSPS) is 22.7. The zero-order valence-corrected chi connectivity index (χ0v) is 17.8. The van der Waals surface area contributed by atoms with Crippen molar-refractivity contribution in [1.82, 2.24) is 24.5 Å². The number of ether oxygens (including phenoxy) is 2. The predicted molar refractivity (Wildman–Crippen MR) is 113 cm³/mol. The number of aromatic nitrogens is 5. The minimum absolute atomic E-state index is 0.127. The van der Waals surface area contributed by atoms with Crippen LogP contribution in [0.2, 0.25) is 0 Å². The molecule has 1 aromatic carbocycles. The van der Waals surface area contributed by atoms with Gasteiger partial charge < -0.3 is 14.6 Å². The Kier molecular flexibility index (Phi) is 6.53. The molecule has 0 amide bonds. The van der Waals surface area contributed by atoms with Crippen LogP contribution in [0.25, 0.3) is 0 Å². The number of nitrogens with one attached hydrogen (secondary N) is 1. The van der Waals surface area contributed by atoms with Crippen LogP contribution in [-0.2, 0) is 26.6 Å². The SMILES string of the molecule is CC(=O)OC1C(Cn2cc(SCc3ccccc3)nn2)OC(n2ccc(=O)[nH]c2=O)C1O. The van der Waals surface area contributed by atoms with Gasteiger partial charge in [0, 0.05) is 24.9 Å². The number of hydrogen-bond donors (Lipinski definition) is 2. The van der Waals surface area contributed by atoms with Crippen molar-refractivity contribution >= 4 is 17.7 Å². The summed E-state index contributed by atoms with van der Waals surface area (Å²) in [5, 5.41) is 19.6. The van der Waals surface area contributed by atoms with E-state index in [1.54, 1.807) is 6.20 Å². The van der Waals surface area contributed by atoms with Crippen molar-refractivity contribution in [3.05, 3.63) is 75.2 Å². The van der Waals surface area contributed by atoms with Gasteiger partial charge in [-0.15, -0.1) is 5.10 Å². The van der Waals surface area contributed by atoms with Crippen molar-refractivity contribution in [3.8, 4) is 0 Å². The summed E-state index contributed by atoms with van der Waals surface area (Å²) in [7, 11) is 0. The number of hydrogen-bond acceptors (Lipinski definition) is 9. The molecular weight excluding hydrogens is 438 g/mol. The molecule has 1 aliphatic heterocycles. The first-order valence-electron chi connectivity index (χ1n) is 9.80. The summed E-state index contributed by atoms with van der Waals surface area (Å²) in [6.07, 6.45) is -1.37. The summed E-state index contributed by atoms with van der Waals surface area (Å²) in [4.78, 5) is 37.2. The zero-order valence-electron chi connectivity index (χ0n) is 17.0. The van der Waals surface area contributed by atoms with E-state index in [2.05, 4.69) is 15.3 Å². The summed E-state index contributed by atoms with van der Waals surface area (Å²) >= 11 is 1.52. The summed E-state index contributed by atoms with van der Waals surface area (Å²) in [6, 6.07) is 11.1. The van der Waals surface area contributed by atoms with E-state index in [-0.39, 0.29) is 6.54 Å². The first kappa shape index (κ1) is 22.0. The molecule has 1 fully saturated rings. The number of rotatable bonds is 7. The standard InChI is InChI=1S/C20H21N5O6S/c1-12(26)30-18-14(31-19(17(18)28)25-8-7-15(27)21-20(25)29)9-24-10-16(22-23-24)32-11-13-5-3-2-4-6-13/h2-8,10,14,17-19,28H,9,11H2,1H3,(H,21,27,29). The number of nitrogens with zero attached hydrogens (tertiary/aromatic N) is 4. The molecule has 1 saturated heterocycles. The van der Waals surface area contributed by atoms with E-state index in [4.69, 9.17) is 9.47 Å². The Labute approximate surface area is 186 Å². The van der Waals surface area contributed by atoms with Crippen LogP contribution in [0.3, 0.4) is 0 Å². The molecule has 0 spiro atoms.